The molecule has 30 heavy (non-hydrogen) atoms. The van der Waals surface area contributed by atoms with E-state index in [9.17, 15) is 9.59 Å². The van der Waals surface area contributed by atoms with Crippen molar-refractivity contribution in [2.45, 2.75) is 60.3 Å². The predicted octanol–water partition coefficient (Wildman–Crippen LogP) is 3.83. The van der Waals surface area contributed by atoms with Crippen molar-refractivity contribution < 1.29 is 9.59 Å². The Morgan fingerprint density at radius 1 is 1.07 bits per heavy atom. The standard InChI is InChI=1S/C19H26N4O2.C3H8.C2H6/c1-3-4-10-21-12-15-11-16(14-8-6-5-7-9-14)23-18(15)19(25)22-13-17(24)20-2;1-3-2;1-2/h5-9,21H,3-4,10-13H2,1-2H3,(H,20,24)(H,22,25);3H2,1-2H3;1-2H3. The summed E-state index contributed by atoms with van der Waals surface area (Å²) in [5, 5.41) is 8.49. The zero-order chi connectivity index (χ0) is 22.8. The first-order chi connectivity index (χ1) is 14.6. The first kappa shape index (κ1) is 27.5. The molecule has 168 valence electrons. The van der Waals surface area contributed by atoms with Gasteiger partial charge in [0.15, 0.2) is 0 Å². The molecule has 1 aromatic rings. The lowest BCUT2D eigenvalue weighted by atomic mass is 10.0. The van der Waals surface area contributed by atoms with Crippen molar-refractivity contribution >= 4 is 17.5 Å². The lowest BCUT2D eigenvalue weighted by Crippen LogP contribution is -2.36. The molecule has 0 aliphatic carbocycles. The van der Waals surface area contributed by atoms with Crippen LogP contribution in [0, 0.1) is 0 Å². The molecule has 1 aromatic carbocycles. The van der Waals surface area contributed by atoms with E-state index >= 15 is 0 Å². The number of hydrogen-bond donors (Lipinski definition) is 3. The zero-order valence-electron chi connectivity index (χ0n) is 19.6. The van der Waals surface area contributed by atoms with Gasteiger partial charge in [-0.25, -0.2) is 4.99 Å². The summed E-state index contributed by atoms with van der Waals surface area (Å²) in [4.78, 5) is 28.4. The Morgan fingerprint density at radius 3 is 2.27 bits per heavy atom. The van der Waals surface area contributed by atoms with E-state index in [0.717, 1.165) is 36.2 Å². The minimum Gasteiger partial charge on any atom is -0.358 e. The maximum atomic E-state index is 12.5. The minimum absolute atomic E-state index is 0.0500. The van der Waals surface area contributed by atoms with Gasteiger partial charge in [-0.2, -0.15) is 0 Å². The molecule has 0 unspecified atom stereocenters. The molecular formula is C24H40N4O2. The summed E-state index contributed by atoms with van der Waals surface area (Å²) in [6, 6.07) is 9.86. The van der Waals surface area contributed by atoms with Crippen LogP contribution in [0.4, 0.5) is 0 Å². The lowest BCUT2D eigenvalue weighted by Gasteiger charge is -2.08. The average molecular weight is 417 g/mol. The van der Waals surface area contributed by atoms with Crippen molar-refractivity contribution in [3.63, 3.8) is 0 Å². The lowest BCUT2D eigenvalue weighted by molar-refractivity contribution is -0.124. The Kier molecular flexibility index (Phi) is 16.0. The fourth-order valence-corrected chi connectivity index (χ4v) is 2.57. The third kappa shape index (κ3) is 10.3. The van der Waals surface area contributed by atoms with E-state index in [1.54, 1.807) is 0 Å². The van der Waals surface area contributed by atoms with Crippen molar-refractivity contribution in [3.8, 4) is 0 Å². The molecule has 1 aliphatic heterocycles. The van der Waals surface area contributed by atoms with E-state index in [0.29, 0.717) is 18.7 Å². The number of benzene rings is 1. The summed E-state index contributed by atoms with van der Waals surface area (Å²) in [6.07, 6.45) is 4.11. The van der Waals surface area contributed by atoms with Gasteiger partial charge in [-0.1, -0.05) is 77.8 Å². The van der Waals surface area contributed by atoms with E-state index < -0.39 is 0 Å². The number of nitrogens with one attached hydrogen (secondary N) is 3. The van der Waals surface area contributed by atoms with Crippen molar-refractivity contribution in [2.24, 2.45) is 4.99 Å². The van der Waals surface area contributed by atoms with Crippen molar-refractivity contribution in [2.75, 3.05) is 26.7 Å². The van der Waals surface area contributed by atoms with Gasteiger partial charge >= 0.3 is 0 Å². The summed E-state index contributed by atoms with van der Waals surface area (Å²) in [6.45, 7) is 11.9. The van der Waals surface area contributed by atoms with E-state index in [2.05, 4.69) is 41.7 Å². The third-order valence-corrected chi connectivity index (χ3v) is 4.02. The van der Waals surface area contributed by atoms with Gasteiger partial charge in [0.1, 0.15) is 5.70 Å². The van der Waals surface area contributed by atoms with Crippen LogP contribution in [0.25, 0.3) is 0 Å². The SMILES string of the molecule is CC.CCC.CCCCNCC1=C(C(=O)NCC(=O)NC)N=C(c2ccccc2)C1. The van der Waals surface area contributed by atoms with Gasteiger partial charge in [-0.3, -0.25) is 9.59 Å². The van der Waals surface area contributed by atoms with Gasteiger partial charge in [-0.05, 0) is 24.1 Å². The molecule has 0 radical (unpaired) electrons. The van der Waals surface area contributed by atoms with Gasteiger partial charge in [0.05, 0.1) is 12.3 Å². The van der Waals surface area contributed by atoms with Crippen molar-refractivity contribution in [1.29, 1.82) is 0 Å². The van der Waals surface area contributed by atoms with Crippen molar-refractivity contribution in [1.82, 2.24) is 16.0 Å². The molecule has 3 N–H and O–H groups in total. The maximum Gasteiger partial charge on any atom is 0.270 e. The van der Waals surface area contributed by atoms with E-state index in [1.165, 1.54) is 13.5 Å². The molecule has 0 bridgehead atoms. The highest BCUT2D eigenvalue weighted by molar-refractivity contribution is 6.10. The van der Waals surface area contributed by atoms with Crippen LogP contribution >= 0.6 is 0 Å². The number of rotatable bonds is 9. The minimum atomic E-state index is -0.304. The van der Waals surface area contributed by atoms with Gasteiger partial charge in [-0.15, -0.1) is 0 Å². The number of nitrogens with zero attached hydrogens (tertiary/aromatic N) is 1. The highest BCUT2D eigenvalue weighted by atomic mass is 16.2. The smallest absolute Gasteiger partial charge is 0.270 e. The van der Waals surface area contributed by atoms with E-state index in [4.69, 9.17) is 0 Å². The number of carbonyl (C=O) groups excluding carboxylic acids is 2. The summed E-state index contributed by atoms with van der Waals surface area (Å²) in [5.74, 6) is -0.538. The van der Waals surface area contributed by atoms with Crippen LogP contribution in [0.5, 0.6) is 0 Å². The highest BCUT2D eigenvalue weighted by Crippen LogP contribution is 2.23. The topological polar surface area (TPSA) is 82.6 Å². The molecule has 0 atom stereocenters. The summed E-state index contributed by atoms with van der Waals surface area (Å²) >= 11 is 0. The summed E-state index contributed by atoms with van der Waals surface area (Å²) in [5.41, 5.74) is 3.29. The normalized spacial score (nSPS) is 12.1. The molecule has 2 rings (SSSR count). The summed E-state index contributed by atoms with van der Waals surface area (Å²) < 4.78 is 0. The van der Waals surface area contributed by atoms with Crippen LogP contribution in [0.2, 0.25) is 0 Å². The Balaban J connectivity index is 0.00000154. The van der Waals surface area contributed by atoms with Crippen LogP contribution < -0.4 is 16.0 Å². The third-order valence-electron chi connectivity index (χ3n) is 4.02. The molecule has 0 saturated carbocycles. The maximum absolute atomic E-state index is 12.5. The van der Waals surface area contributed by atoms with Gasteiger partial charge in [0.2, 0.25) is 5.91 Å². The average Bonchev–Trinajstić information content (AvgIpc) is 3.21. The van der Waals surface area contributed by atoms with Crippen LogP contribution in [0.3, 0.4) is 0 Å². The number of carbonyl (C=O) groups is 2. The van der Waals surface area contributed by atoms with Gasteiger partial charge in [0.25, 0.3) is 5.91 Å². The van der Waals surface area contributed by atoms with E-state index in [-0.39, 0.29) is 18.4 Å². The largest absolute Gasteiger partial charge is 0.358 e. The Bertz CT molecular complexity index is 682. The number of hydrogen-bond acceptors (Lipinski definition) is 4. The van der Waals surface area contributed by atoms with Crippen LogP contribution in [0.1, 0.15) is 65.9 Å². The Labute approximate surface area is 182 Å². The predicted molar refractivity (Wildman–Crippen MR) is 127 cm³/mol. The number of likely N-dealkylation sites (N-methyl/N-ethyl adjacent to an activating group) is 1. The van der Waals surface area contributed by atoms with E-state index in [1.807, 2.05) is 44.2 Å². The highest BCUT2D eigenvalue weighted by Gasteiger charge is 2.24. The quantitative estimate of drug-likeness (QED) is 0.535. The molecule has 2 amide bonds. The molecule has 0 fully saturated rings. The second-order valence-corrected chi connectivity index (χ2v) is 6.65. The summed E-state index contributed by atoms with van der Waals surface area (Å²) in [7, 11) is 1.54. The first-order valence-corrected chi connectivity index (χ1v) is 11.1. The Morgan fingerprint density at radius 2 is 1.70 bits per heavy atom. The number of amides is 2. The van der Waals surface area contributed by atoms with Crippen LogP contribution in [0.15, 0.2) is 46.6 Å². The number of unbranched alkanes of at least 4 members (excludes halogenated alkanes) is 1. The molecular weight excluding hydrogens is 376 g/mol. The fraction of sp³-hybridized carbons (Fsp3) is 0.542. The second kappa shape index (κ2) is 17.4. The van der Waals surface area contributed by atoms with Gasteiger partial charge < -0.3 is 16.0 Å². The molecule has 0 saturated heterocycles. The molecule has 1 heterocycles. The Hall–Kier alpha value is -2.47. The van der Waals surface area contributed by atoms with Crippen LogP contribution in [-0.4, -0.2) is 44.2 Å². The van der Waals surface area contributed by atoms with Crippen LogP contribution in [-0.2, 0) is 9.59 Å². The molecule has 6 nitrogen and oxygen atoms in total. The molecule has 0 spiro atoms. The number of aliphatic imine (C=N–C) groups is 1. The zero-order valence-corrected chi connectivity index (χ0v) is 19.6. The molecule has 6 heteroatoms. The van der Waals surface area contributed by atoms with Gasteiger partial charge in [0, 0.05) is 20.0 Å². The molecule has 0 aromatic heterocycles. The fourth-order valence-electron chi connectivity index (χ4n) is 2.57. The second-order valence-electron chi connectivity index (χ2n) is 6.65. The first-order valence-electron chi connectivity index (χ1n) is 11.1. The molecule has 1 aliphatic rings. The van der Waals surface area contributed by atoms with Crippen molar-refractivity contribution in [3.05, 3.63) is 47.2 Å². The monoisotopic (exact) mass is 416 g/mol.